The van der Waals surface area contributed by atoms with E-state index in [1.165, 1.54) is 37.7 Å². The molecule has 2 N–H and O–H groups in total. The van der Waals surface area contributed by atoms with E-state index in [9.17, 15) is 0 Å². The molecule has 0 bridgehead atoms. The topological polar surface area (TPSA) is 72.1 Å². The summed E-state index contributed by atoms with van der Waals surface area (Å²) in [6.45, 7) is 4.27. The molecule has 0 radical (unpaired) electrons. The summed E-state index contributed by atoms with van der Waals surface area (Å²) in [7, 11) is 1.63. The van der Waals surface area contributed by atoms with Crippen LogP contribution in [-0.4, -0.2) is 47.6 Å². The van der Waals surface area contributed by atoms with Gasteiger partial charge in [0, 0.05) is 40.9 Å². The van der Waals surface area contributed by atoms with E-state index in [2.05, 4.69) is 33.5 Å². The average Bonchev–Trinajstić information content (AvgIpc) is 3.54. The molecule has 6 atom stereocenters. The highest BCUT2D eigenvalue weighted by Crippen LogP contribution is 2.50. The minimum Gasteiger partial charge on any atom is -0.481 e. The molecule has 2 aliphatic heterocycles. The number of aromatic nitrogens is 3. The summed E-state index contributed by atoms with van der Waals surface area (Å²) in [4.78, 5) is 4.23. The maximum Gasteiger partial charge on any atom is 0.213 e. The average molecular weight is 481 g/mol. The predicted octanol–water partition coefficient (Wildman–Crippen LogP) is 5.57. The zero-order valence-corrected chi connectivity index (χ0v) is 20.6. The number of hydrogen-bond donors (Lipinski definition) is 2. The molecule has 4 heterocycles. The fourth-order valence-electron chi connectivity index (χ4n) is 6.77. The fourth-order valence-corrected chi connectivity index (χ4v) is 7.09. The molecule has 6 nitrogen and oxygen atoms in total. The molecule has 2 saturated heterocycles. The van der Waals surface area contributed by atoms with Crippen LogP contribution in [0.25, 0.3) is 22.2 Å². The molecule has 3 fully saturated rings. The zero-order valence-electron chi connectivity index (χ0n) is 19.9. The summed E-state index contributed by atoms with van der Waals surface area (Å²) in [6.07, 6.45) is 8.27. The largest absolute Gasteiger partial charge is 0.481 e. The van der Waals surface area contributed by atoms with E-state index in [1.807, 2.05) is 18.2 Å². The van der Waals surface area contributed by atoms with Crippen LogP contribution in [0.5, 0.6) is 5.88 Å². The number of rotatable bonds is 5. The van der Waals surface area contributed by atoms with Crippen LogP contribution in [0.1, 0.15) is 50.5 Å². The maximum absolute atomic E-state index is 6.84. The van der Waals surface area contributed by atoms with Crippen molar-refractivity contribution in [2.45, 2.75) is 57.1 Å². The number of pyridine rings is 1. The summed E-state index contributed by atoms with van der Waals surface area (Å²) < 4.78 is 11.1. The van der Waals surface area contributed by atoms with Gasteiger partial charge in [-0.05, 0) is 93.0 Å². The SMILES string of the molecule is COc1cc(-c2n[nH]c3cc(Cl)c([C@H]4C[C@@H]5CN[C@@H](C[C@H]6CCO[C@@H](C)C6)[C@H]5C4)cc23)ccn1. The van der Waals surface area contributed by atoms with Gasteiger partial charge in [0.25, 0.3) is 0 Å². The first kappa shape index (κ1) is 22.3. The Labute approximate surface area is 205 Å². The smallest absolute Gasteiger partial charge is 0.213 e. The number of ether oxygens (including phenoxy) is 2. The third-order valence-corrected chi connectivity index (χ3v) is 8.75. The van der Waals surface area contributed by atoms with E-state index in [1.54, 1.807) is 13.3 Å². The molecule has 3 aliphatic rings. The Bertz CT molecular complexity index is 1180. The summed E-state index contributed by atoms with van der Waals surface area (Å²) in [6, 6.07) is 8.85. The number of hydrogen-bond acceptors (Lipinski definition) is 5. The summed E-state index contributed by atoms with van der Waals surface area (Å²) in [5.74, 6) is 3.35. The molecular formula is C27H33ClN4O2. The highest BCUT2D eigenvalue weighted by atomic mass is 35.5. The Morgan fingerprint density at radius 3 is 2.97 bits per heavy atom. The molecule has 1 aromatic carbocycles. The van der Waals surface area contributed by atoms with E-state index < -0.39 is 0 Å². The molecule has 1 aliphatic carbocycles. The van der Waals surface area contributed by atoms with Crippen molar-refractivity contribution in [2.75, 3.05) is 20.3 Å². The molecule has 0 unspecified atom stereocenters. The van der Waals surface area contributed by atoms with Gasteiger partial charge in [-0.15, -0.1) is 0 Å². The van der Waals surface area contributed by atoms with Crippen molar-refractivity contribution >= 4 is 22.5 Å². The lowest BCUT2D eigenvalue weighted by Gasteiger charge is -2.31. The van der Waals surface area contributed by atoms with E-state index in [0.29, 0.717) is 23.9 Å². The Morgan fingerprint density at radius 2 is 2.12 bits per heavy atom. The van der Waals surface area contributed by atoms with E-state index in [4.69, 9.17) is 21.1 Å². The number of methoxy groups -OCH3 is 1. The van der Waals surface area contributed by atoms with Gasteiger partial charge in [0.2, 0.25) is 5.88 Å². The Kier molecular flexibility index (Phi) is 6.00. The van der Waals surface area contributed by atoms with Gasteiger partial charge in [0.05, 0.1) is 18.7 Å². The van der Waals surface area contributed by atoms with Gasteiger partial charge in [-0.3, -0.25) is 5.10 Å². The van der Waals surface area contributed by atoms with Crippen molar-refractivity contribution in [1.82, 2.24) is 20.5 Å². The van der Waals surface area contributed by atoms with Crippen LogP contribution in [0.4, 0.5) is 0 Å². The lowest BCUT2D eigenvalue weighted by Crippen LogP contribution is -2.33. The zero-order chi connectivity index (χ0) is 23.2. The minimum absolute atomic E-state index is 0.405. The quantitative estimate of drug-likeness (QED) is 0.499. The van der Waals surface area contributed by atoms with Crippen LogP contribution in [0.15, 0.2) is 30.5 Å². The molecule has 3 aromatic rings. The molecule has 0 spiro atoms. The fraction of sp³-hybridized carbons (Fsp3) is 0.556. The molecular weight excluding hydrogens is 448 g/mol. The number of aromatic amines is 1. The standard InChI is InChI=1S/C27H33ClN4O2/c1-15-7-16(4-6-34-15)8-24-21-10-18(9-19(21)14-30-24)20-12-22-25(13-23(20)28)31-32-27(22)17-3-5-29-26(11-17)33-2/h3,5,11-13,15-16,18-19,21,24,30H,4,6-10,14H2,1-2H3,(H,31,32)/t15-,16-,18-,19+,21-,24-/m0/s1. The number of nitrogens with zero attached hydrogens (tertiary/aromatic N) is 2. The van der Waals surface area contributed by atoms with Crippen LogP contribution in [-0.2, 0) is 4.74 Å². The van der Waals surface area contributed by atoms with Gasteiger partial charge in [-0.2, -0.15) is 5.10 Å². The maximum atomic E-state index is 6.84. The van der Waals surface area contributed by atoms with Crippen molar-refractivity contribution in [3.05, 3.63) is 41.0 Å². The summed E-state index contributed by atoms with van der Waals surface area (Å²) in [5, 5.41) is 13.6. The van der Waals surface area contributed by atoms with Crippen molar-refractivity contribution in [2.24, 2.45) is 17.8 Å². The molecule has 2 aromatic heterocycles. The molecule has 34 heavy (non-hydrogen) atoms. The van der Waals surface area contributed by atoms with Gasteiger partial charge in [0.15, 0.2) is 0 Å². The van der Waals surface area contributed by atoms with Crippen molar-refractivity contribution in [1.29, 1.82) is 0 Å². The minimum atomic E-state index is 0.405. The van der Waals surface area contributed by atoms with Gasteiger partial charge in [-0.1, -0.05) is 11.6 Å². The molecule has 6 rings (SSSR count). The van der Waals surface area contributed by atoms with Gasteiger partial charge in [-0.25, -0.2) is 4.98 Å². The first-order valence-corrected chi connectivity index (χ1v) is 13.0. The molecule has 1 saturated carbocycles. The number of fused-ring (bicyclic) bond motifs is 2. The summed E-state index contributed by atoms with van der Waals surface area (Å²) >= 11 is 6.84. The van der Waals surface area contributed by atoms with E-state index in [-0.39, 0.29) is 0 Å². The second-order valence-electron chi connectivity index (χ2n) is 10.5. The number of nitrogens with one attached hydrogen (secondary N) is 2. The first-order valence-electron chi connectivity index (χ1n) is 12.6. The third-order valence-electron chi connectivity index (χ3n) is 8.43. The van der Waals surface area contributed by atoms with Crippen LogP contribution >= 0.6 is 11.6 Å². The first-order chi connectivity index (χ1) is 16.6. The third kappa shape index (κ3) is 4.10. The monoisotopic (exact) mass is 480 g/mol. The Balaban J connectivity index is 1.24. The number of H-pyrrole nitrogens is 1. The number of benzene rings is 1. The second kappa shape index (κ2) is 9.14. The van der Waals surface area contributed by atoms with Crippen molar-refractivity contribution < 1.29 is 9.47 Å². The predicted molar refractivity (Wildman–Crippen MR) is 134 cm³/mol. The van der Waals surface area contributed by atoms with Crippen LogP contribution in [0.3, 0.4) is 0 Å². The van der Waals surface area contributed by atoms with Crippen LogP contribution in [0, 0.1) is 17.8 Å². The number of halogens is 1. The summed E-state index contributed by atoms with van der Waals surface area (Å²) in [5.41, 5.74) is 4.14. The molecule has 180 valence electrons. The highest BCUT2D eigenvalue weighted by Gasteiger charge is 2.44. The van der Waals surface area contributed by atoms with Crippen LogP contribution < -0.4 is 10.1 Å². The normalized spacial score (nSPS) is 31.1. The molecule has 0 amide bonds. The lowest BCUT2D eigenvalue weighted by atomic mass is 9.83. The van der Waals surface area contributed by atoms with Gasteiger partial charge >= 0.3 is 0 Å². The Morgan fingerprint density at radius 1 is 1.21 bits per heavy atom. The van der Waals surface area contributed by atoms with E-state index in [0.717, 1.165) is 58.1 Å². The lowest BCUT2D eigenvalue weighted by molar-refractivity contribution is -0.00197. The van der Waals surface area contributed by atoms with Gasteiger partial charge < -0.3 is 14.8 Å². The van der Waals surface area contributed by atoms with E-state index >= 15 is 0 Å². The molecule has 7 heteroatoms. The van der Waals surface area contributed by atoms with Crippen molar-refractivity contribution in [3.63, 3.8) is 0 Å². The Hall–Kier alpha value is -2.15. The van der Waals surface area contributed by atoms with Crippen LogP contribution in [0.2, 0.25) is 5.02 Å². The highest BCUT2D eigenvalue weighted by molar-refractivity contribution is 6.32. The van der Waals surface area contributed by atoms with Gasteiger partial charge in [0.1, 0.15) is 5.69 Å². The second-order valence-corrected chi connectivity index (χ2v) is 10.9. The van der Waals surface area contributed by atoms with Crippen molar-refractivity contribution in [3.8, 4) is 17.1 Å².